The minimum atomic E-state index is -2.74. The zero-order chi connectivity index (χ0) is 8.48. The van der Waals surface area contributed by atoms with Gasteiger partial charge in [0.15, 0.2) is 0 Å². The number of halogens is 2. The lowest BCUT2D eigenvalue weighted by molar-refractivity contribution is -0.0278. The quantitative estimate of drug-likeness (QED) is 0.610. The van der Waals surface area contributed by atoms with Crippen LogP contribution in [0.3, 0.4) is 0 Å². The molecule has 0 aromatic rings. The molecule has 1 aliphatic heterocycles. The molecule has 1 aliphatic rings. The van der Waals surface area contributed by atoms with Gasteiger partial charge < -0.3 is 5.73 Å². The first-order valence-electron chi connectivity index (χ1n) is 3.50. The SMILES string of the molecule is C=C1CN(CC(F)(F)CN)C1. The van der Waals surface area contributed by atoms with Crippen molar-refractivity contribution in [3.05, 3.63) is 12.2 Å². The van der Waals surface area contributed by atoms with Crippen molar-refractivity contribution in [2.75, 3.05) is 26.2 Å². The second-order valence-corrected chi connectivity index (χ2v) is 2.96. The van der Waals surface area contributed by atoms with E-state index in [9.17, 15) is 8.78 Å². The Morgan fingerprint density at radius 1 is 1.55 bits per heavy atom. The van der Waals surface area contributed by atoms with E-state index in [0.717, 1.165) is 5.57 Å². The van der Waals surface area contributed by atoms with Gasteiger partial charge in [0.2, 0.25) is 0 Å². The van der Waals surface area contributed by atoms with Crippen LogP contribution in [0.25, 0.3) is 0 Å². The molecule has 64 valence electrons. The lowest BCUT2D eigenvalue weighted by Gasteiger charge is -2.35. The fourth-order valence-corrected chi connectivity index (χ4v) is 1.09. The van der Waals surface area contributed by atoms with Gasteiger partial charge in [-0.05, 0) is 5.57 Å². The molecule has 0 saturated carbocycles. The standard InChI is InChI=1S/C7H12F2N2/c1-6-2-11(3-6)5-7(8,9)4-10/h1-5,10H2. The van der Waals surface area contributed by atoms with Gasteiger partial charge in [-0.1, -0.05) is 6.58 Å². The van der Waals surface area contributed by atoms with Crippen molar-refractivity contribution >= 4 is 0 Å². The van der Waals surface area contributed by atoms with E-state index in [-0.39, 0.29) is 6.54 Å². The monoisotopic (exact) mass is 162 g/mol. The summed E-state index contributed by atoms with van der Waals surface area (Å²) in [6, 6.07) is 0. The van der Waals surface area contributed by atoms with Crippen LogP contribution in [0.15, 0.2) is 12.2 Å². The summed E-state index contributed by atoms with van der Waals surface area (Å²) in [4.78, 5) is 1.63. The van der Waals surface area contributed by atoms with Crippen LogP contribution < -0.4 is 5.73 Å². The van der Waals surface area contributed by atoms with Crippen LogP contribution in [-0.2, 0) is 0 Å². The lowest BCUT2D eigenvalue weighted by atomic mass is 10.1. The summed E-state index contributed by atoms with van der Waals surface area (Å²) in [5.41, 5.74) is 5.88. The van der Waals surface area contributed by atoms with Crippen molar-refractivity contribution in [2.24, 2.45) is 5.73 Å². The van der Waals surface area contributed by atoms with Gasteiger partial charge in [-0.2, -0.15) is 0 Å². The van der Waals surface area contributed by atoms with E-state index >= 15 is 0 Å². The van der Waals surface area contributed by atoms with Crippen molar-refractivity contribution in [3.8, 4) is 0 Å². The van der Waals surface area contributed by atoms with Gasteiger partial charge in [-0.25, -0.2) is 8.78 Å². The van der Waals surface area contributed by atoms with Crippen molar-refractivity contribution in [3.63, 3.8) is 0 Å². The molecule has 0 atom stereocenters. The van der Waals surface area contributed by atoms with Crippen LogP contribution in [0, 0.1) is 0 Å². The molecular weight excluding hydrogens is 150 g/mol. The Morgan fingerprint density at radius 3 is 2.45 bits per heavy atom. The van der Waals surface area contributed by atoms with Crippen LogP contribution in [0.2, 0.25) is 0 Å². The predicted molar refractivity (Wildman–Crippen MR) is 39.6 cm³/mol. The summed E-state index contributed by atoms with van der Waals surface area (Å²) < 4.78 is 25.1. The van der Waals surface area contributed by atoms with E-state index in [1.165, 1.54) is 0 Å². The topological polar surface area (TPSA) is 29.3 Å². The molecule has 4 heteroatoms. The second kappa shape index (κ2) is 2.87. The Bertz CT molecular complexity index is 160. The third kappa shape index (κ3) is 2.24. The van der Waals surface area contributed by atoms with E-state index in [4.69, 9.17) is 5.73 Å². The van der Waals surface area contributed by atoms with Crippen molar-refractivity contribution in [1.82, 2.24) is 4.90 Å². The number of rotatable bonds is 3. The molecule has 1 saturated heterocycles. The summed E-state index contributed by atoms with van der Waals surface area (Å²) in [5, 5.41) is 0. The van der Waals surface area contributed by atoms with Gasteiger partial charge in [0, 0.05) is 13.1 Å². The Balaban J connectivity index is 2.26. The molecule has 0 amide bonds. The summed E-state index contributed by atoms with van der Waals surface area (Å²) in [6.07, 6.45) is 0. The van der Waals surface area contributed by atoms with Crippen molar-refractivity contribution < 1.29 is 8.78 Å². The molecule has 1 fully saturated rings. The molecule has 0 aromatic carbocycles. The van der Waals surface area contributed by atoms with Gasteiger partial charge in [-0.3, -0.25) is 4.90 Å². The molecule has 0 bridgehead atoms. The highest BCUT2D eigenvalue weighted by atomic mass is 19.3. The summed E-state index contributed by atoms with van der Waals surface area (Å²) in [5.74, 6) is -2.74. The molecule has 1 rings (SSSR count). The van der Waals surface area contributed by atoms with Gasteiger partial charge in [-0.15, -0.1) is 0 Å². The molecule has 0 aliphatic carbocycles. The van der Waals surface area contributed by atoms with Gasteiger partial charge >= 0.3 is 0 Å². The van der Waals surface area contributed by atoms with Crippen LogP contribution in [0.1, 0.15) is 0 Å². The van der Waals surface area contributed by atoms with Crippen molar-refractivity contribution in [2.45, 2.75) is 5.92 Å². The van der Waals surface area contributed by atoms with Gasteiger partial charge in [0.25, 0.3) is 5.92 Å². The molecule has 2 N–H and O–H groups in total. The fourth-order valence-electron chi connectivity index (χ4n) is 1.09. The zero-order valence-electron chi connectivity index (χ0n) is 6.32. The van der Waals surface area contributed by atoms with Crippen LogP contribution in [0.4, 0.5) is 8.78 Å². The van der Waals surface area contributed by atoms with E-state index in [2.05, 4.69) is 6.58 Å². The highest BCUT2D eigenvalue weighted by molar-refractivity contribution is 5.10. The summed E-state index contributed by atoms with van der Waals surface area (Å²) in [6.45, 7) is 4.03. The third-order valence-electron chi connectivity index (χ3n) is 1.65. The first-order chi connectivity index (χ1) is 5.03. The Kier molecular flexibility index (Phi) is 2.25. The molecule has 0 unspecified atom stereocenters. The minimum absolute atomic E-state index is 0.234. The van der Waals surface area contributed by atoms with E-state index < -0.39 is 12.5 Å². The summed E-state index contributed by atoms with van der Waals surface area (Å²) in [7, 11) is 0. The molecule has 1 heterocycles. The molecule has 2 nitrogen and oxygen atoms in total. The first-order valence-corrected chi connectivity index (χ1v) is 3.50. The van der Waals surface area contributed by atoms with Gasteiger partial charge in [0.1, 0.15) is 0 Å². The average Bonchev–Trinajstić information content (AvgIpc) is 1.84. The number of nitrogens with zero attached hydrogens (tertiary/aromatic N) is 1. The number of hydrogen-bond acceptors (Lipinski definition) is 2. The maximum Gasteiger partial charge on any atom is 0.272 e. The maximum atomic E-state index is 12.6. The molecule has 0 radical (unpaired) electrons. The number of nitrogens with two attached hydrogens (primary N) is 1. The van der Waals surface area contributed by atoms with Gasteiger partial charge in [0.05, 0.1) is 13.1 Å². The lowest BCUT2D eigenvalue weighted by Crippen LogP contribution is -2.48. The predicted octanol–water partition coefficient (Wildman–Crippen LogP) is 0.452. The van der Waals surface area contributed by atoms with Crippen LogP contribution >= 0.6 is 0 Å². The number of likely N-dealkylation sites (tertiary alicyclic amines) is 1. The molecule has 11 heavy (non-hydrogen) atoms. The normalized spacial score (nSPS) is 20.1. The van der Waals surface area contributed by atoms with E-state index in [1.807, 2.05) is 0 Å². The molecule has 0 aromatic heterocycles. The highest BCUT2D eigenvalue weighted by Gasteiger charge is 2.32. The molecular formula is C7H12F2N2. The minimum Gasteiger partial charge on any atom is -0.325 e. The zero-order valence-corrected chi connectivity index (χ0v) is 6.32. The van der Waals surface area contributed by atoms with Crippen LogP contribution in [-0.4, -0.2) is 37.0 Å². The number of hydrogen-bond donors (Lipinski definition) is 1. The fraction of sp³-hybridized carbons (Fsp3) is 0.714. The van der Waals surface area contributed by atoms with Crippen LogP contribution in [0.5, 0.6) is 0 Å². The maximum absolute atomic E-state index is 12.6. The van der Waals surface area contributed by atoms with E-state index in [0.29, 0.717) is 13.1 Å². The Morgan fingerprint density at radius 2 is 2.09 bits per heavy atom. The van der Waals surface area contributed by atoms with Crippen molar-refractivity contribution in [1.29, 1.82) is 0 Å². The van der Waals surface area contributed by atoms with E-state index in [1.54, 1.807) is 4.90 Å². The summed E-state index contributed by atoms with van der Waals surface area (Å²) >= 11 is 0. The Hall–Kier alpha value is -0.480. The number of alkyl halides is 2. The Labute approximate surface area is 64.7 Å². The second-order valence-electron chi connectivity index (χ2n) is 2.96. The first kappa shape index (κ1) is 8.62. The third-order valence-corrected chi connectivity index (χ3v) is 1.65. The molecule has 0 spiro atoms. The largest absolute Gasteiger partial charge is 0.325 e. The smallest absolute Gasteiger partial charge is 0.272 e. The highest BCUT2D eigenvalue weighted by Crippen LogP contribution is 2.19. The average molecular weight is 162 g/mol.